The Morgan fingerprint density at radius 2 is 1.70 bits per heavy atom. The molecule has 2 rings (SSSR count). The fourth-order valence-electron chi connectivity index (χ4n) is 1.53. The van der Waals surface area contributed by atoms with Gasteiger partial charge in [-0.1, -0.05) is 0 Å². The predicted octanol–water partition coefficient (Wildman–Crippen LogP) is 3.56. The summed E-state index contributed by atoms with van der Waals surface area (Å²) >= 11 is 2.15. The van der Waals surface area contributed by atoms with Crippen molar-refractivity contribution in [1.82, 2.24) is 0 Å². The number of benzene rings is 2. The average Bonchev–Trinajstić information content (AvgIpc) is 2.46. The minimum atomic E-state index is -0.471. The van der Waals surface area contributed by atoms with Crippen LogP contribution in [-0.4, -0.2) is 10.9 Å². The summed E-state index contributed by atoms with van der Waals surface area (Å²) in [5.74, 6) is -0.417. The summed E-state index contributed by atoms with van der Waals surface area (Å²) in [6, 6.07) is 12.9. The lowest BCUT2D eigenvalue weighted by Gasteiger charge is -2.05. The van der Waals surface area contributed by atoms with E-state index in [1.54, 1.807) is 24.3 Å². The first kappa shape index (κ1) is 14.4. The maximum atomic E-state index is 11.8. The van der Waals surface area contributed by atoms with E-state index in [1.807, 2.05) is 12.1 Å². The zero-order valence-corrected chi connectivity index (χ0v) is 12.4. The van der Waals surface area contributed by atoms with Gasteiger partial charge in [-0.3, -0.25) is 10.1 Å². The molecule has 0 spiro atoms. The van der Waals surface area contributed by atoms with Gasteiger partial charge in [-0.05, 0) is 64.6 Å². The van der Waals surface area contributed by atoms with E-state index in [1.165, 1.54) is 12.1 Å². The SMILES string of the molecule is O=C(OCc1ccc([N+](=O)[O-])cc1)c1ccc(I)cc1. The molecule has 102 valence electrons. The number of nitro benzene ring substituents is 1. The zero-order chi connectivity index (χ0) is 14.5. The quantitative estimate of drug-likeness (QED) is 0.351. The highest BCUT2D eigenvalue weighted by molar-refractivity contribution is 14.1. The van der Waals surface area contributed by atoms with E-state index in [4.69, 9.17) is 4.74 Å². The van der Waals surface area contributed by atoms with Crippen LogP contribution in [0.15, 0.2) is 48.5 Å². The Balaban J connectivity index is 1.96. The summed E-state index contributed by atoms with van der Waals surface area (Å²) in [7, 11) is 0. The highest BCUT2D eigenvalue weighted by Crippen LogP contribution is 2.14. The van der Waals surface area contributed by atoms with E-state index < -0.39 is 10.9 Å². The Kier molecular flexibility index (Phi) is 4.67. The molecule has 0 saturated carbocycles. The molecule has 0 atom stereocenters. The normalized spacial score (nSPS) is 10.1. The van der Waals surface area contributed by atoms with Gasteiger partial charge in [-0.2, -0.15) is 0 Å². The molecule has 0 N–H and O–H groups in total. The van der Waals surface area contributed by atoms with Gasteiger partial charge in [0.2, 0.25) is 0 Å². The van der Waals surface area contributed by atoms with Crippen molar-refractivity contribution in [3.05, 3.63) is 73.3 Å². The Morgan fingerprint density at radius 1 is 1.10 bits per heavy atom. The van der Waals surface area contributed by atoms with Crippen molar-refractivity contribution in [1.29, 1.82) is 0 Å². The Bertz CT molecular complexity index is 623. The monoisotopic (exact) mass is 383 g/mol. The van der Waals surface area contributed by atoms with Crippen LogP contribution < -0.4 is 0 Å². The van der Waals surface area contributed by atoms with E-state index in [0.717, 1.165) is 3.57 Å². The van der Waals surface area contributed by atoms with Gasteiger partial charge in [-0.15, -0.1) is 0 Å². The molecule has 0 bridgehead atoms. The number of carbonyl (C=O) groups is 1. The first-order valence-electron chi connectivity index (χ1n) is 5.72. The lowest BCUT2D eigenvalue weighted by molar-refractivity contribution is -0.384. The molecule has 0 saturated heterocycles. The molecule has 0 fully saturated rings. The number of non-ortho nitro benzene ring substituents is 1. The molecular formula is C14H10INO4. The van der Waals surface area contributed by atoms with Crippen molar-refractivity contribution in [2.75, 3.05) is 0 Å². The van der Waals surface area contributed by atoms with Crippen molar-refractivity contribution < 1.29 is 14.5 Å². The van der Waals surface area contributed by atoms with E-state index in [0.29, 0.717) is 11.1 Å². The van der Waals surface area contributed by atoms with Gasteiger partial charge in [0.15, 0.2) is 0 Å². The molecule has 0 aliphatic carbocycles. The maximum absolute atomic E-state index is 11.8. The number of ether oxygens (including phenoxy) is 1. The predicted molar refractivity (Wildman–Crippen MR) is 81.4 cm³/mol. The number of nitrogens with zero attached hydrogens (tertiary/aromatic N) is 1. The average molecular weight is 383 g/mol. The van der Waals surface area contributed by atoms with Crippen LogP contribution in [0.2, 0.25) is 0 Å². The van der Waals surface area contributed by atoms with Crippen LogP contribution >= 0.6 is 22.6 Å². The topological polar surface area (TPSA) is 69.4 Å². The van der Waals surface area contributed by atoms with Gasteiger partial charge in [-0.25, -0.2) is 4.79 Å². The van der Waals surface area contributed by atoms with Crippen molar-refractivity contribution in [3.8, 4) is 0 Å². The Labute approximate surface area is 128 Å². The lowest BCUT2D eigenvalue weighted by atomic mass is 10.2. The maximum Gasteiger partial charge on any atom is 0.338 e. The molecule has 0 aromatic heterocycles. The van der Waals surface area contributed by atoms with Crippen LogP contribution in [0.4, 0.5) is 5.69 Å². The summed E-state index contributed by atoms with van der Waals surface area (Å²) < 4.78 is 6.18. The second-order valence-electron chi connectivity index (χ2n) is 4.01. The zero-order valence-electron chi connectivity index (χ0n) is 10.3. The van der Waals surface area contributed by atoms with Crippen molar-refractivity contribution >= 4 is 34.2 Å². The number of carbonyl (C=O) groups excluding carboxylic acids is 1. The van der Waals surface area contributed by atoms with Gasteiger partial charge >= 0.3 is 5.97 Å². The second kappa shape index (κ2) is 6.47. The minimum Gasteiger partial charge on any atom is -0.457 e. The molecule has 20 heavy (non-hydrogen) atoms. The van der Waals surface area contributed by atoms with E-state index in [9.17, 15) is 14.9 Å². The first-order chi connectivity index (χ1) is 9.56. The molecular weight excluding hydrogens is 373 g/mol. The van der Waals surface area contributed by atoms with E-state index >= 15 is 0 Å². The minimum absolute atomic E-state index is 0.0118. The Morgan fingerprint density at radius 3 is 2.25 bits per heavy atom. The first-order valence-corrected chi connectivity index (χ1v) is 6.80. The van der Waals surface area contributed by atoms with Crippen LogP contribution in [0.25, 0.3) is 0 Å². The summed E-state index contributed by atoms with van der Waals surface area (Å²) in [5.41, 5.74) is 1.19. The molecule has 0 aliphatic rings. The molecule has 0 radical (unpaired) electrons. The molecule has 0 unspecified atom stereocenters. The van der Waals surface area contributed by atoms with Gasteiger partial charge < -0.3 is 4.74 Å². The molecule has 0 amide bonds. The smallest absolute Gasteiger partial charge is 0.338 e. The van der Waals surface area contributed by atoms with Crippen LogP contribution in [0.1, 0.15) is 15.9 Å². The number of nitro groups is 1. The van der Waals surface area contributed by atoms with Gasteiger partial charge in [0.25, 0.3) is 5.69 Å². The van der Waals surface area contributed by atoms with E-state index in [-0.39, 0.29) is 12.3 Å². The largest absolute Gasteiger partial charge is 0.457 e. The van der Waals surface area contributed by atoms with E-state index in [2.05, 4.69) is 22.6 Å². The summed E-state index contributed by atoms with van der Waals surface area (Å²) in [5, 5.41) is 10.5. The molecule has 2 aromatic rings. The summed E-state index contributed by atoms with van der Waals surface area (Å²) in [4.78, 5) is 21.8. The standard InChI is InChI=1S/C14H10INO4/c15-12-5-3-11(4-6-12)14(17)20-9-10-1-7-13(8-2-10)16(18)19/h1-8H,9H2. The lowest BCUT2D eigenvalue weighted by Crippen LogP contribution is -2.05. The van der Waals surface area contributed by atoms with Gasteiger partial charge in [0, 0.05) is 15.7 Å². The third-order valence-electron chi connectivity index (χ3n) is 2.60. The number of halogens is 1. The van der Waals surface area contributed by atoms with Crippen LogP contribution in [-0.2, 0) is 11.3 Å². The summed E-state index contributed by atoms with van der Waals surface area (Å²) in [6.45, 7) is 0.0861. The number of esters is 1. The number of rotatable bonds is 4. The van der Waals surface area contributed by atoms with Crippen molar-refractivity contribution in [3.63, 3.8) is 0 Å². The molecule has 0 heterocycles. The van der Waals surface area contributed by atoms with Crippen LogP contribution in [0, 0.1) is 13.7 Å². The number of hydrogen-bond donors (Lipinski definition) is 0. The van der Waals surface area contributed by atoms with Crippen molar-refractivity contribution in [2.45, 2.75) is 6.61 Å². The molecule has 2 aromatic carbocycles. The fraction of sp³-hybridized carbons (Fsp3) is 0.0714. The fourth-order valence-corrected chi connectivity index (χ4v) is 1.89. The second-order valence-corrected chi connectivity index (χ2v) is 5.25. The summed E-state index contributed by atoms with van der Waals surface area (Å²) in [6.07, 6.45) is 0. The van der Waals surface area contributed by atoms with Crippen LogP contribution in [0.3, 0.4) is 0 Å². The van der Waals surface area contributed by atoms with Gasteiger partial charge in [0.05, 0.1) is 10.5 Å². The molecule has 0 aliphatic heterocycles. The molecule has 5 nitrogen and oxygen atoms in total. The molecule has 6 heteroatoms. The third-order valence-corrected chi connectivity index (χ3v) is 3.32. The Hall–Kier alpha value is -1.96. The highest BCUT2D eigenvalue weighted by Gasteiger charge is 2.08. The van der Waals surface area contributed by atoms with Crippen molar-refractivity contribution in [2.24, 2.45) is 0 Å². The third kappa shape index (κ3) is 3.77. The van der Waals surface area contributed by atoms with Crippen LogP contribution in [0.5, 0.6) is 0 Å². The van der Waals surface area contributed by atoms with Gasteiger partial charge in [0.1, 0.15) is 6.61 Å². The number of hydrogen-bond acceptors (Lipinski definition) is 4. The highest BCUT2D eigenvalue weighted by atomic mass is 127.